The predicted octanol–water partition coefficient (Wildman–Crippen LogP) is 1.51. The Hall–Kier alpha value is -0.120. The molecule has 0 aromatic carbocycles. The minimum absolute atomic E-state index is 0.497. The summed E-state index contributed by atoms with van der Waals surface area (Å²) in [6, 6.07) is 0. The Morgan fingerprint density at radius 2 is 1.79 bits per heavy atom. The fourth-order valence-electron chi connectivity index (χ4n) is 1.52. The maximum Gasteiger partial charge on any atom is 0.0817 e. The molecule has 0 amide bonds. The maximum atomic E-state index is 10.1. The Morgan fingerprint density at radius 3 is 2.21 bits per heavy atom. The van der Waals surface area contributed by atoms with Crippen molar-refractivity contribution in [2.24, 2.45) is 0 Å². The van der Waals surface area contributed by atoms with Gasteiger partial charge in [-0.25, -0.2) is 0 Å². The number of aliphatic hydroxyl groups is 1. The number of hydrogen-bond donors (Lipinski definition) is 1. The minimum atomic E-state index is -0.497. The first kappa shape index (κ1) is 13.9. The van der Waals surface area contributed by atoms with Crippen LogP contribution in [0.2, 0.25) is 0 Å². The molecule has 1 saturated heterocycles. The van der Waals surface area contributed by atoms with Crippen LogP contribution in [-0.4, -0.2) is 49.0 Å². The normalized spacial score (nSPS) is 20.1. The highest BCUT2D eigenvalue weighted by atomic mass is 16.5. The number of rotatable bonds is 3. The van der Waals surface area contributed by atoms with Crippen LogP contribution in [0.3, 0.4) is 0 Å². The van der Waals surface area contributed by atoms with E-state index in [2.05, 4.69) is 11.8 Å². The van der Waals surface area contributed by atoms with Crippen LogP contribution in [0.15, 0.2) is 0 Å². The van der Waals surface area contributed by atoms with Gasteiger partial charge >= 0.3 is 0 Å². The highest BCUT2D eigenvalue weighted by Gasteiger charge is 2.30. The molecule has 0 aromatic heterocycles. The van der Waals surface area contributed by atoms with Gasteiger partial charge in [-0.1, -0.05) is 20.8 Å². The molecule has 3 heteroatoms. The van der Waals surface area contributed by atoms with Gasteiger partial charge in [-0.2, -0.15) is 0 Å². The summed E-state index contributed by atoms with van der Waals surface area (Å²) in [5.74, 6) is 0. The van der Waals surface area contributed by atoms with Gasteiger partial charge in [-0.15, -0.1) is 0 Å². The van der Waals surface area contributed by atoms with Gasteiger partial charge in [0.2, 0.25) is 0 Å². The monoisotopic (exact) mass is 203 g/mol. The van der Waals surface area contributed by atoms with Crippen LogP contribution in [0.4, 0.5) is 0 Å². The van der Waals surface area contributed by atoms with E-state index in [1.807, 2.05) is 20.9 Å². The van der Waals surface area contributed by atoms with Gasteiger partial charge in [0.15, 0.2) is 0 Å². The van der Waals surface area contributed by atoms with Crippen LogP contribution in [0.5, 0.6) is 0 Å². The molecule has 1 aliphatic rings. The summed E-state index contributed by atoms with van der Waals surface area (Å²) >= 11 is 0. The van der Waals surface area contributed by atoms with Crippen molar-refractivity contribution in [1.82, 2.24) is 4.90 Å². The van der Waals surface area contributed by atoms with Crippen molar-refractivity contribution in [2.75, 3.05) is 33.4 Å². The zero-order valence-corrected chi connectivity index (χ0v) is 10.0. The molecule has 14 heavy (non-hydrogen) atoms. The van der Waals surface area contributed by atoms with E-state index in [1.54, 1.807) is 0 Å². The van der Waals surface area contributed by atoms with Crippen LogP contribution in [-0.2, 0) is 4.74 Å². The zero-order valence-electron chi connectivity index (χ0n) is 10.0. The quantitative estimate of drug-likeness (QED) is 0.754. The molecule has 0 aliphatic carbocycles. The molecular weight excluding hydrogens is 178 g/mol. The minimum Gasteiger partial charge on any atom is -0.388 e. The third-order valence-corrected chi connectivity index (χ3v) is 2.53. The van der Waals surface area contributed by atoms with E-state index in [0.717, 1.165) is 25.9 Å². The van der Waals surface area contributed by atoms with E-state index in [-0.39, 0.29) is 0 Å². The van der Waals surface area contributed by atoms with Crippen molar-refractivity contribution < 1.29 is 9.84 Å². The van der Waals surface area contributed by atoms with Crippen molar-refractivity contribution in [1.29, 1.82) is 0 Å². The highest BCUT2D eigenvalue weighted by molar-refractivity contribution is 4.83. The van der Waals surface area contributed by atoms with Crippen LogP contribution in [0, 0.1) is 0 Å². The molecule has 1 aliphatic heterocycles. The van der Waals surface area contributed by atoms with Gasteiger partial charge in [0.1, 0.15) is 0 Å². The summed E-state index contributed by atoms with van der Waals surface area (Å²) in [5.41, 5.74) is -0.497. The molecule has 1 rings (SSSR count). The van der Waals surface area contributed by atoms with E-state index in [9.17, 15) is 5.11 Å². The molecule has 0 radical (unpaired) electrons. The Bertz CT molecular complexity index is 133. The van der Waals surface area contributed by atoms with Gasteiger partial charge in [-0.3, -0.25) is 0 Å². The lowest BCUT2D eigenvalue weighted by molar-refractivity contribution is -0.0763. The highest BCUT2D eigenvalue weighted by Crippen LogP contribution is 2.20. The second-order valence-electron chi connectivity index (χ2n) is 3.67. The molecule has 0 saturated carbocycles. The Balaban J connectivity index is 0.000000791. The summed E-state index contributed by atoms with van der Waals surface area (Å²) in [7, 11) is 2.04. The fourth-order valence-corrected chi connectivity index (χ4v) is 1.52. The largest absolute Gasteiger partial charge is 0.388 e. The van der Waals surface area contributed by atoms with Gasteiger partial charge in [0.25, 0.3) is 0 Å². The molecule has 86 valence electrons. The first-order valence-corrected chi connectivity index (χ1v) is 5.65. The van der Waals surface area contributed by atoms with Crippen molar-refractivity contribution in [3.05, 3.63) is 0 Å². The standard InChI is InChI=1S/C9H19NO2.C2H6/c1-3-10(2)8-9(11)4-6-12-7-5-9;1-2/h11H,3-8H2,1-2H3;1-2H3. The molecule has 0 atom stereocenters. The second-order valence-corrected chi connectivity index (χ2v) is 3.67. The maximum absolute atomic E-state index is 10.1. The third kappa shape index (κ3) is 4.94. The SMILES string of the molecule is CC.CCN(C)CC1(O)CCOCC1. The number of hydrogen-bond acceptors (Lipinski definition) is 3. The van der Waals surface area contributed by atoms with E-state index in [0.29, 0.717) is 13.2 Å². The number of ether oxygens (including phenoxy) is 1. The molecule has 3 nitrogen and oxygen atoms in total. The number of likely N-dealkylation sites (N-methyl/N-ethyl adjacent to an activating group) is 1. The summed E-state index contributed by atoms with van der Waals surface area (Å²) in [5, 5.41) is 10.1. The molecule has 1 heterocycles. The summed E-state index contributed by atoms with van der Waals surface area (Å²) in [6.07, 6.45) is 1.55. The molecule has 0 bridgehead atoms. The van der Waals surface area contributed by atoms with Crippen LogP contribution >= 0.6 is 0 Å². The summed E-state index contributed by atoms with van der Waals surface area (Å²) in [4.78, 5) is 2.14. The fraction of sp³-hybridized carbons (Fsp3) is 1.00. The molecule has 0 aromatic rings. The second kappa shape index (κ2) is 7.21. The average molecular weight is 203 g/mol. The van der Waals surface area contributed by atoms with Crippen LogP contribution in [0.1, 0.15) is 33.6 Å². The Morgan fingerprint density at radius 1 is 1.29 bits per heavy atom. The van der Waals surface area contributed by atoms with Gasteiger partial charge in [0, 0.05) is 32.6 Å². The summed E-state index contributed by atoms with van der Waals surface area (Å²) < 4.78 is 5.20. The van der Waals surface area contributed by atoms with Crippen LogP contribution < -0.4 is 0 Å². The van der Waals surface area contributed by atoms with Crippen molar-refractivity contribution in [2.45, 2.75) is 39.2 Å². The third-order valence-electron chi connectivity index (χ3n) is 2.53. The molecule has 1 fully saturated rings. The lowest BCUT2D eigenvalue weighted by Gasteiger charge is -2.35. The number of nitrogens with zero attached hydrogens (tertiary/aromatic N) is 1. The van der Waals surface area contributed by atoms with Crippen LogP contribution in [0.25, 0.3) is 0 Å². The topological polar surface area (TPSA) is 32.7 Å². The zero-order chi connectivity index (χ0) is 11.0. The van der Waals surface area contributed by atoms with Gasteiger partial charge in [-0.05, 0) is 13.6 Å². The lowest BCUT2D eigenvalue weighted by atomic mass is 9.94. The first-order valence-electron chi connectivity index (χ1n) is 5.65. The lowest BCUT2D eigenvalue weighted by Crippen LogP contribution is -2.45. The molecule has 0 unspecified atom stereocenters. The smallest absolute Gasteiger partial charge is 0.0817 e. The van der Waals surface area contributed by atoms with Crippen molar-refractivity contribution in [3.8, 4) is 0 Å². The van der Waals surface area contributed by atoms with E-state index in [1.165, 1.54) is 0 Å². The van der Waals surface area contributed by atoms with Gasteiger partial charge < -0.3 is 14.7 Å². The van der Waals surface area contributed by atoms with E-state index >= 15 is 0 Å². The Labute approximate surface area is 88.1 Å². The summed E-state index contributed by atoms with van der Waals surface area (Å²) in [6.45, 7) is 9.26. The van der Waals surface area contributed by atoms with Crippen molar-refractivity contribution in [3.63, 3.8) is 0 Å². The van der Waals surface area contributed by atoms with E-state index < -0.39 is 5.60 Å². The predicted molar refractivity (Wildman–Crippen MR) is 59.5 cm³/mol. The Kier molecular flexibility index (Phi) is 7.15. The van der Waals surface area contributed by atoms with E-state index in [4.69, 9.17) is 4.74 Å². The first-order chi connectivity index (χ1) is 6.66. The average Bonchev–Trinajstić information content (AvgIpc) is 2.21. The van der Waals surface area contributed by atoms with Gasteiger partial charge in [0.05, 0.1) is 5.60 Å². The molecule has 0 spiro atoms. The molecular formula is C11H25NO2. The molecule has 1 N–H and O–H groups in total. The van der Waals surface area contributed by atoms with Crippen molar-refractivity contribution >= 4 is 0 Å².